The number of aromatic hydroxyl groups is 1. The molecule has 1 amide bonds. The van der Waals surface area contributed by atoms with Crippen LogP contribution in [0, 0.1) is 13.8 Å². The Morgan fingerprint density at radius 3 is 2.79 bits per heavy atom. The van der Waals surface area contributed by atoms with E-state index in [0.717, 1.165) is 15.6 Å². The van der Waals surface area contributed by atoms with E-state index in [4.69, 9.17) is 4.74 Å². The number of phenols is 1. The normalized spacial score (nSPS) is 10.8. The number of nitrogens with zero attached hydrogens (tertiary/aromatic N) is 1. The highest BCUT2D eigenvalue weighted by atomic mass is 79.9. The molecule has 2 aromatic carbocycles. The van der Waals surface area contributed by atoms with Gasteiger partial charge in [-0.3, -0.25) is 4.79 Å². The summed E-state index contributed by atoms with van der Waals surface area (Å²) in [6, 6.07) is 8.91. The van der Waals surface area contributed by atoms with E-state index in [-0.39, 0.29) is 18.3 Å². The fourth-order valence-corrected chi connectivity index (χ4v) is 2.98. The standard InChI is InChI=1S/C17H16Br2N2O3/c1-10-4-3-5-16(11(10)2)24-9-17(23)21-20-8-12-6-15(22)14(19)7-13(12)18/h3-8,22H,9H2,1-2H3,(H,21,23)/b20-8-. The van der Waals surface area contributed by atoms with Crippen molar-refractivity contribution in [2.24, 2.45) is 5.10 Å². The van der Waals surface area contributed by atoms with Gasteiger partial charge in [0.25, 0.3) is 5.91 Å². The molecule has 0 fully saturated rings. The highest BCUT2D eigenvalue weighted by molar-refractivity contribution is 9.11. The quantitative estimate of drug-likeness (QED) is 0.527. The molecule has 0 aliphatic heterocycles. The Hall–Kier alpha value is -1.86. The van der Waals surface area contributed by atoms with E-state index >= 15 is 0 Å². The van der Waals surface area contributed by atoms with Crippen molar-refractivity contribution in [2.75, 3.05) is 6.61 Å². The van der Waals surface area contributed by atoms with Crippen molar-refractivity contribution in [3.63, 3.8) is 0 Å². The summed E-state index contributed by atoms with van der Waals surface area (Å²) in [5, 5.41) is 13.5. The van der Waals surface area contributed by atoms with E-state index < -0.39 is 0 Å². The first-order valence-corrected chi connectivity index (χ1v) is 8.66. The van der Waals surface area contributed by atoms with Gasteiger partial charge in [0.2, 0.25) is 0 Å². The molecule has 0 aromatic heterocycles. The van der Waals surface area contributed by atoms with Crippen molar-refractivity contribution in [3.8, 4) is 11.5 Å². The molecule has 0 unspecified atom stereocenters. The number of nitrogens with one attached hydrogen (secondary N) is 1. The molecule has 0 saturated carbocycles. The maximum absolute atomic E-state index is 11.8. The van der Waals surface area contributed by atoms with Gasteiger partial charge in [-0.05, 0) is 59.1 Å². The predicted molar refractivity (Wildman–Crippen MR) is 101 cm³/mol. The van der Waals surface area contributed by atoms with Crippen molar-refractivity contribution in [1.82, 2.24) is 5.43 Å². The number of hydrazone groups is 1. The van der Waals surface area contributed by atoms with Gasteiger partial charge >= 0.3 is 0 Å². The molecular formula is C17H16Br2N2O3. The summed E-state index contributed by atoms with van der Waals surface area (Å²) >= 11 is 6.57. The minimum atomic E-state index is -0.371. The van der Waals surface area contributed by atoms with Gasteiger partial charge in [0.1, 0.15) is 11.5 Å². The molecular weight excluding hydrogens is 440 g/mol. The van der Waals surface area contributed by atoms with Gasteiger partial charge in [0, 0.05) is 10.0 Å². The number of carbonyl (C=O) groups is 1. The number of carbonyl (C=O) groups excluding carboxylic acids is 1. The Morgan fingerprint density at radius 2 is 2.04 bits per heavy atom. The highest BCUT2D eigenvalue weighted by Gasteiger charge is 2.06. The van der Waals surface area contributed by atoms with Crippen LogP contribution < -0.4 is 10.2 Å². The Balaban J connectivity index is 1.91. The SMILES string of the molecule is Cc1cccc(OCC(=O)N/N=C\c2cc(O)c(Br)cc2Br)c1C. The summed E-state index contributed by atoms with van der Waals surface area (Å²) < 4.78 is 6.80. The Labute approximate surface area is 157 Å². The van der Waals surface area contributed by atoms with Crippen LogP contribution in [-0.4, -0.2) is 23.8 Å². The number of halogens is 2. The van der Waals surface area contributed by atoms with Gasteiger partial charge in [-0.1, -0.05) is 28.1 Å². The van der Waals surface area contributed by atoms with Crippen molar-refractivity contribution in [3.05, 3.63) is 56.0 Å². The number of benzene rings is 2. The van der Waals surface area contributed by atoms with Crippen LogP contribution in [0.2, 0.25) is 0 Å². The summed E-state index contributed by atoms with van der Waals surface area (Å²) in [5.74, 6) is 0.392. The molecule has 0 atom stereocenters. The zero-order valence-electron chi connectivity index (χ0n) is 13.1. The number of amides is 1. The second kappa shape index (κ2) is 8.30. The van der Waals surface area contributed by atoms with Gasteiger partial charge in [-0.15, -0.1) is 0 Å². The van der Waals surface area contributed by atoms with Crippen LogP contribution in [0.4, 0.5) is 0 Å². The molecule has 2 rings (SSSR count). The first-order valence-electron chi connectivity index (χ1n) is 7.07. The third-order valence-electron chi connectivity index (χ3n) is 3.37. The molecule has 0 heterocycles. The fourth-order valence-electron chi connectivity index (χ4n) is 1.88. The molecule has 24 heavy (non-hydrogen) atoms. The van der Waals surface area contributed by atoms with Crippen LogP contribution in [0.5, 0.6) is 11.5 Å². The lowest BCUT2D eigenvalue weighted by atomic mass is 10.1. The lowest BCUT2D eigenvalue weighted by Gasteiger charge is -2.09. The van der Waals surface area contributed by atoms with Gasteiger partial charge in [-0.25, -0.2) is 5.43 Å². The molecule has 0 saturated heterocycles. The second-order valence-corrected chi connectivity index (χ2v) is 6.81. The first-order chi connectivity index (χ1) is 11.4. The Kier molecular flexibility index (Phi) is 6.39. The van der Waals surface area contributed by atoms with Crippen molar-refractivity contribution >= 4 is 44.0 Å². The minimum absolute atomic E-state index is 0.0873. The molecule has 2 aromatic rings. The number of rotatable bonds is 5. The van der Waals surface area contributed by atoms with Gasteiger partial charge in [0.15, 0.2) is 6.61 Å². The van der Waals surface area contributed by atoms with Crippen LogP contribution in [0.1, 0.15) is 16.7 Å². The third-order valence-corrected chi connectivity index (χ3v) is 4.69. The van der Waals surface area contributed by atoms with Crippen LogP contribution in [0.15, 0.2) is 44.4 Å². The summed E-state index contributed by atoms with van der Waals surface area (Å²) in [6.45, 7) is 3.80. The van der Waals surface area contributed by atoms with Crippen molar-refractivity contribution < 1.29 is 14.6 Å². The summed E-state index contributed by atoms with van der Waals surface area (Å²) in [5.41, 5.74) is 5.12. The minimum Gasteiger partial charge on any atom is -0.507 e. The molecule has 7 heteroatoms. The van der Waals surface area contributed by atoms with E-state index in [1.54, 1.807) is 6.07 Å². The first kappa shape index (κ1) is 18.5. The largest absolute Gasteiger partial charge is 0.507 e. The van der Waals surface area contributed by atoms with Crippen LogP contribution in [-0.2, 0) is 4.79 Å². The van der Waals surface area contributed by atoms with Crippen LogP contribution in [0.25, 0.3) is 0 Å². The average Bonchev–Trinajstić information content (AvgIpc) is 2.53. The maximum Gasteiger partial charge on any atom is 0.277 e. The van der Waals surface area contributed by atoms with Crippen molar-refractivity contribution in [1.29, 1.82) is 0 Å². The third kappa shape index (κ3) is 4.82. The van der Waals surface area contributed by atoms with E-state index in [1.807, 2.05) is 32.0 Å². The molecule has 126 valence electrons. The highest BCUT2D eigenvalue weighted by Crippen LogP contribution is 2.29. The Morgan fingerprint density at radius 1 is 1.29 bits per heavy atom. The molecule has 0 bridgehead atoms. The van der Waals surface area contributed by atoms with Gasteiger partial charge in [-0.2, -0.15) is 5.10 Å². The summed E-state index contributed by atoms with van der Waals surface area (Å²) in [7, 11) is 0. The average molecular weight is 456 g/mol. The van der Waals surface area contributed by atoms with E-state index in [1.165, 1.54) is 12.3 Å². The maximum atomic E-state index is 11.8. The van der Waals surface area contributed by atoms with Gasteiger partial charge in [0.05, 0.1) is 10.7 Å². The van der Waals surface area contributed by atoms with Gasteiger partial charge < -0.3 is 9.84 Å². The number of phenolic OH excluding ortho intramolecular Hbond substituents is 1. The van der Waals surface area contributed by atoms with Crippen molar-refractivity contribution in [2.45, 2.75) is 13.8 Å². The number of hydrogen-bond donors (Lipinski definition) is 2. The molecule has 0 spiro atoms. The molecule has 0 aliphatic rings. The second-order valence-electron chi connectivity index (χ2n) is 5.11. The van der Waals surface area contributed by atoms with Crippen LogP contribution in [0.3, 0.4) is 0 Å². The van der Waals surface area contributed by atoms with E-state index in [9.17, 15) is 9.90 Å². The smallest absolute Gasteiger partial charge is 0.277 e. The molecule has 0 radical (unpaired) electrons. The molecule has 2 N–H and O–H groups in total. The predicted octanol–water partition coefficient (Wildman–Crippen LogP) is 4.06. The topological polar surface area (TPSA) is 70.9 Å². The zero-order valence-corrected chi connectivity index (χ0v) is 16.3. The molecule has 5 nitrogen and oxygen atoms in total. The molecule has 0 aliphatic carbocycles. The number of ether oxygens (including phenoxy) is 1. The summed E-state index contributed by atoms with van der Waals surface area (Å²) in [4.78, 5) is 11.8. The zero-order chi connectivity index (χ0) is 17.7. The lowest BCUT2D eigenvalue weighted by molar-refractivity contribution is -0.123. The van der Waals surface area contributed by atoms with E-state index in [0.29, 0.717) is 15.8 Å². The van der Waals surface area contributed by atoms with Crippen LogP contribution >= 0.6 is 31.9 Å². The Bertz CT molecular complexity index is 792. The summed E-state index contributed by atoms with van der Waals surface area (Å²) in [6.07, 6.45) is 1.44. The van der Waals surface area contributed by atoms with E-state index in [2.05, 4.69) is 42.4 Å². The number of aryl methyl sites for hydroxylation is 1. The monoisotopic (exact) mass is 454 g/mol. The number of hydrogen-bond acceptors (Lipinski definition) is 4. The fraction of sp³-hybridized carbons (Fsp3) is 0.176. The lowest BCUT2D eigenvalue weighted by Crippen LogP contribution is -2.24.